The van der Waals surface area contributed by atoms with Gasteiger partial charge in [-0.2, -0.15) is 0 Å². The van der Waals surface area contributed by atoms with E-state index in [1.165, 1.54) is 0 Å². The molecule has 2 N–H and O–H groups in total. The van der Waals surface area contributed by atoms with Crippen LogP contribution in [0.5, 0.6) is 0 Å². The first-order valence-electron chi connectivity index (χ1n) is 3.47. The molecule has 1 aliphatic rings. The third-order valence-corrected chi connectivity index (χ3v) is 1.61. The van der Waals surface area contributed by atoms with Gasteiger partial charge in [-0.05, 0) is 6.42 Å². The van der Waals surface area contributed by atoms with Crippen LogP contribution >= 0.6 is 0 Å². The molecule has 0 spiro atoms. The summed E-state index contributed by atoms with van der Waals surface area (Å²) in [7, 11) is 0. The molecule has 1 rings (SSSR count). The minimum atomic E-state index is -0.462. The Hall–Kier alpha value is -1.03. The van der Waals surface area contributed by atoms with E-state index in [9.17, 15) is 4.79 Å². The number of aliphatic hydroxyl groups is 1. The Balaban J connectivity index is 2.49. The van der Waals surface area contributed by atoms with Gasteiger partial charge in [0.1, 0.15) is 6.10 Å². The van der Waals surface area contributed by atoms with E-state index in [1.807, 2.05) is 0 Å². The van der Waals surface area contributed by atoms with E-state index in [2.05, 4.69) is 11.9 Å². The zero-order valence-corrected chi connectivity index (χ0v) is 6.12. The maximum absolute atomic E-state index is 10.6. The molecule has 2 atom stereocenters. The first-order chi connectivity index (χ1) is 5.27. The fourth-order valence-electron chi connectivity index (χ4n) is 1.05. The van der Waals surface area contributed by atoms with Crippen LogP contribution in [0, 0.1) is 0 Å². The first kappa shape index (κ1) is 8.07. The second-order valence-electron chi connectivity index (χ2n) is 2.40. The predicted octanol–water partition coefficient (Wildman–Crippen LogP) is 0.0318. The molecule has 1 fully saturated rings. The van der Waals surface area contributed by atoms with Gasteiger partial charge in [0.25, 0.3) is 0 Å². The average molecular weight is 157 g/mol. The van der Waals surface area contributed by atoms with Gasteiger partial charge in [-0.1, -0.05) is 6.08 Å². The van der Waals surface area contributed by atoms with Gasteiger partial charge in [0, 0.05) is 0 Å². The lowest BCUT2D eigenvalue weighted by Gasteiger charge is -2.11. The summed E-state index contributed by atoms with van der Waals surface area (Å²) < 4.78 is 4.73. The molecule has 1 amide bonds. The number of nitrogens with one attached hydrogen (secondary N) is 1. The summed E-state index contributed by atoms with van der Waals surface area (Å²) in [6.45, 7) is 3.39. The number of aliphatic hydroxyl groups excluding tert-OH is 1. The van der Waals surface area contributed by atoms with E-state index in [-0.39, 0.29) is 12.6 Å². The number of ether oxygens (including phenoxy) is 1. The predicted molar refractivity (Wildman–Crippen MR) is 39.1 cm³/mol. The van der Waals surface area contributed by atoms with Crippen LogP contribution < -0.4 is 5.32 Å². The van der Waals surface area contributed by atoms with Crippen LogP contribution in [0.15, 0.2) is 12.7 Å². The minimum Gasteiger partial charge on any atom is -0.442 e. The molecule has 4 heteroatoms. The molecule has 62 valence electrons. The second-order valence-corrected chi connectivity index (χ2v) is 2.40. The van der Waals surface area contributed by atoms with Crippen molar-refractivity contribution >= 4 is 6.09 Å². The van der Waals surface area contributed by atoms with E-state index in [1.54, 1.807) is 6.08 Å². The summed E-state index contributed by atoms with van der Waals surface area (Å²) in [6.07, 6.45) is 1.43. The fraction of sp³-hybridized carbons (Fsp3) is 0.571. The van der Waals surface area contributed by atoms with E-state index >= 15 is 0 Å². The molecule has 0 aromatic carbocycles. The van der Waals surface area contributed by atoms with Crippen molar-refractivity contribution in [3.05, 3.63) is 12.7 Å². The summed E-state index contributed by atoms with van der Waals surface area (Å²) in [5.41, 5.74) is 0. The highest BCUT2D eigenvalue weighted by atomic mass is 16.6. The van der Waals surface area contributed by atoms with Crippen LogP contribution in [0.3, 0.4) is 0 Å². The molecular weight excluding hydrogens is 146 g/mol. The molecule has 0 saturated carbocycles. The zero-order chi connectivity index (χ0) is 8.27. The summed E-state index contributed by atoms with van der Waals surface area (Å²) in [5.74, 6) is 0. The smallest absolute Gasteiger partial charge is 0.407 e. The molecule has 0 aromatic heterocycles. The summed E-state index contributed by atoms with van der Waals surface area (Å²) in [4.78, 5) is 10.6. The van der Waals surface area contributed by atoms with Crippen LogP contribution in [0.25, 0.3) is 0 Å². The van der Waals surface area contributed by atoms with Crippen LogP contribution in [0.4, 0.5) is 4.79 Å². The van der Waals surface area contributed by atoms with E-state index in [4.69, 9.17) is 9.84 Å². The van der Waals surface area contributed by atoms with Crippen LogP contribution in [-0.4, -0.2) is 30.0 Å². The highest BCUT2D eigenvalue weighted by Gasteiger charge is 2.31. The largest absolute Gasteiger partial charge is 0.442 e. The number of alkyl carbamates (subject to hydrolysis) is 1. The number of carbonyl (C=O) groups is 1. The fourth-order valence-corrected chi connectivity index (χ4v) is 1.05. The van der Waals surface area contributed by atoms with E-state index in [0.717, 1.165) is 0 Å². The Labute approximate surface area is 64.9 Å². The molecule has 2 unspecified atom stereocenters. The molecule has 0 aliphatic carbocycles. The number of hydrogen-bond acceptors (Lipinski definition) is 3. The van der Waals surface area contributed by atoms with Crippen LogP contribution in [-0.2, 0) is 4.74 Å². The number of amides is 1. The third kappa shape index (κ3) is 1.71. The zero-order valence-electron chi connectivity index (χ0n) is 6.12. The highest BCUT2D eigenvalue weighted by Crippen LogP contribution is 2.11. The van der Waals surface area contributed by atoms with Crippen molar-refractivity contribution in [2.45, 2.75) is 18.6 Å². The first-order valence-corrected chi connectivity index (χ1v) is 3.47. The Morgan fingerprint density at radius 3 is 3.09 bits per heavy atom. The third-order valence-electron chi connectivity index (χ3n) is 1.61. The van der Waals surface area contributed by atoms with Crippen molar-refractivity contribution in [1.82, 2.24) is 5.32 Å². The summed E-state index contributed by atoms with van der Waals surface area (Å²) in [5, 5.41) is 11.3. The molecule has 1 heterocycles. The van der Waals surface area contributed by atoms with Gasteiger partial charge in [0.05, 0.1) is 12.6 Å². The monoisotopic (exact) mass is 157 g/mol. The molecule has 0 aromatic rings. The number of cyclic esters (lactones) is 1. The topological polar surface area (TPSA) is 58.6 Å². The van der Waals surface area contributed by atoms with E-state index < -0.39 is 12.2 Å². The highest BCUT2D eigenvalue weighted by molar-refractivity contribution is 5.70. The van der Waals surface area contributed by atoms with Gasteiger partial charge >= 0.3 is 6.09 Å². The van der Waals surface area contributed by atoms with Crippen molar-refractivity contribution in [2.24, 2.45) is 0 Å². The number of hydrogen-bond donors (Lipinski definition) is 2. The van der Waals surface area contributed by atoms with Crippen molar-refractivity contribution in [2.75, 3.05) is 6.61 Å². The maximum Gasteiger partial charge on any atom is 0.407 e. The lowest BCUT2D eigenvalue weighted by Crippen LogP contribution is -2.32. The van der Waals surface area contributed by atoms with Gasteiger partial charge in [-0.25, -0.2) is 4.79 Å². The summed E-state index contributed by atoms with van der Waals surface area (Å²) in [6, 6.07) is -0.120. The number of rotatable bonds is 3. The van der Waals surface area contributed by atoms with Gasteiger partial charge in [-0.3, -0.25) is 0 Å². The van der Waals surface area contributed by atoms with Crippen LogP contribution in [0.1, 0.15) is 6.42 Å². The minimum absolute atomic E-state index is 0.120. The normalized spacial score (nSPS) is 29.4. The van der Waals surface area contributed by atoms with Gasteiger partial charge in [0.2, 0.25) is 0 Å². The molecule has 11 heavy (non-hydrogen) atoms. The average Bonchev–Trinajstić information content (AvgIpc) is 2.32. The Morgan fingerprint density at radius 2 is 2.55 bits per heavy atom. The summed E-state index contributed by atoms with van der Waals surface area (Å²) >= 11 is 0. The molecule has 1 saturated heterocycles. The van der Waals surface area contributed by atoms with Crippen molar-refractivity contribution in [3.8, 4) is 0 Å². The molecule has 0 bridgehead atoms. The second kappa shape index (κ2) is 3.39. The van der Waals surface area contributed by atoms with Gasteiger partial charge < -0.3 is 15.2 Å². The van der Waals surface area contributed by atoms with Gasteiger partial charge in [0.15, 0.2) is 0 Å². The molecule has 1 aliphatic heterocycles. The molecule has 4 nitrogen and oxygen atoms in total. The Bertz CT molecular complexity index is 169. The van der Waals surface area contributed by atoms with Crippen LogP contribution in [0.2, 0.25) is 0 Å². The molecule has 0 radical (unpaired) electrons. The Morgan fingerprint density at radius 1 is 1.82 bits per heavy atom. The Kier molecular flexibility index (Phi) is 2.48. The lowest BCUT2D eigenvalue weighted by molar-refractivity contribution is 0.0833. The lowest BCUT2D eigenvalue weighted by atomic mass is 10.1. The van der Waals surface area contributed by atoms with Crippen molar-refractivity contribution in [1.29, 1.82) is 0 Å². The van der Waals surface area contributed by atoms with Crippen molar-refractivity contribution < 1.29 is 14.6 Å². The van der Waals surface area contributed by atoms with Crippen molar-refractivity contribution in [3.63, 3.8) is 0 Å². The quantitative estimate of drug-likeness (QED) is 0.568. The van der Waals surface area contributed by atoms with E-state index in [0.29, 0.717) is 6.42 Å². The molecular formula is C7H11NO3. The SMILES string of the molecule is C=CCC1NC(=O)OC1CO. The maximum atomic E-state index is 10.6. The standard InChI is InChI=1S/C7H11NO3/c1-2-3-5-6(4-9)11-7(10)8-5/h2,5-6,9H,1,3-4H2,(H,8,10). The number of carbonyl (C=O) groups excluding carboxylic acids is 1. The van der Waals surface area contributed by atoms with Gasteiger partial charge in [-0.15, -0.1) is 6.58 Å².